The van der Waals surface area contributed by atoms with E-state index in [-0.39, 0.29) is 0 Å². The fourth-order valence-corrected chi connectivity index (χ4v) is 2.13. The fourth-order valence-electron chi connectivity index (χ4n) is 1.45. The van der Waals surface area contributed by atoms with Gasteiger partial charge >= 0.3 is 6.18 Å². The van der Waals surface area contributed by atoms with Crippen molar-refractivity contribution >= 4 is 22.6 Å². The van der Waals surface area contributed by atoms with Crippen LogP contribution in [0, 0.1) is 0 Å². The Morgan fingerprint density at radius 2 is 1.89 bits per heavy atom. The van der Waals surface area contributed by atoms with Crippen molar-refractivity contribution in [2.45, 2.75) is 25.3 Å². The Bertz CT molecular complexity index is 382. The van der Waals surface area contributed by atoms with Gasteiger partial charge in [-0.3, -0.25) is 0 Å². The van der Waals surface area contributed by atoms with Crippen molar-refractivity contribution in [3.63, 3.8) is 0 Å². The molecule has 1 rings (SSSR count). The Balaban J connectivity index is 2.90. The molecule has 0 fully saturated rings. The van der Waals surface area contributed by atoms with Crippen LogP contribution < -0.4 is 4.74 Å². The molecular formula is C12H14F3IO2. The van der Waals surface area contributed by atoms with Crippen LogP contribution in [0.5, 0.6) is 5.75 Å². The minimum Gasteiger partial charge on any atom is -0.496 e. The monoisotopic (exact) mass is 374 g/mol. The lowest BCUT2D eigenvalue weighted by molar-refractivity contribution is -0.225. The highest BCUT2D eigenvalue weighted by molar-refractivity contribution is 14.1. The van der Waals surface area contributed by atoms with Crippen LogP contribution in [0.15, 0.2) is 24.3 Å². The number of rotatable bonds is 5. The smallest absolute Gasteiger partial charge is 0.414 e. The zero-order chi connectivity index (χ0) is 13.8. The molecule has 2 atom stereocenters. The summed E-state index contributed by atoms with van der Waals surface area (Å²) in [4.78, 5) is 0. The molecule has 102 valence electrons. The Hall–Kier alpha value is -0.500. The van der Waals surface area contributed by atoms with Crippen molar-refractivity contribution in [3.8, 4) is 5.75 Å². The predicted molar refractivity (Wildman–Crippen MR) is 71.2 cm³/mol. The highest BCUT2D eigenvalue weighted by Gasteiger charge is 2.38. The van der Waals surface area contributed by atoms with Gasteiger partial charge in [0.05, 0.1) is 13.2 Å². The normalized spacial score (nSPS) is 15.2. The second-order valence-corrected chi connectivity index (χ2v) is 4.59. The second-order valence-electron chi connectivity index (χ2n) is 3.70. The van der Waals surface area contributed by atoms with E-state index in [9.17, 15) is 13.2 Å². The Morgan fingerprint density at radius 3 is 2.39 bits per heavy atom. The number of methoxy groups -OCH3 is 1. The Kier molecular flexibility index (Phi) is 5.71. The maximum Gasteiger partial charge on any atom is 0.414 e. The first-order chi connectivity index (χ1) is 8.40. The lowest BCUT2D eigenvalue weighted by Gasteiger charge is -2.24. The van der Waals surface area contributed by atoms with Gasteiger partial charge in [0, 0.05) is 9.99 Å². The summed E-state index contributed by atoms with van der Waals surface area (Å²) in [6, 6.07) is 6.93. The van der Waals surface area contributed by atoms with Crippen LogP contribution >= 0.6 is 22.6 Å². The van der Waals surface area contributed by atoms with Gasteiger partial charge in [-0.25, -0.2) is 0 Å². The summed E-state index contributed by atoms with van der Waals surface area (Å²) in [6.07, 6.45) is -6.80. The SMILES string of the molecule is COc1ccccc1C(CI)OC(C)C(F)(F)F. The molecule has 0 N–H and O–H groups in total. The molecule has 0 aliphatic heterocycles. The predicted octanol–water partition coefficient (Wildman–Crippen LogP) is 4.14. The third kappa shape index (κ3) is 4.01. The third-order valence-corrected chi connectivity index (χ3v) is 3.26. The molecule has 0 amide bonds. The summed E-state index contributed by atoms with van der Waals surface area (Å²) < 4.78 is 48.1. The van der Waals surface area contributed by atoms with Gasteiger partial charge in [-0.15, -0.1) is 0 Å². The van der Waals surface area contributed by atoms with Crippen LogP contribution in [0.2, 0.25) is 0 Å². The van der Waals surface area contributed by atoms with Crippen molar-refractivity contribution in [1.82, 2.24) is 0 Å². The van der Waals surface area contributed by atoms with Crippen molar-refractivity contribution in [2.75, 3.05) is 11.5 Å². The zero-order valence-electron chi connectivity index (χ0n) is 10.00. The molecule has 18 heavy (non-hydrogen) atoms. The van der Waals surface area contributed by atoms with Crippen LogP contribution in [0.25, 0.3) is 0 Å². The molecule has 0 spiro atoms. The molecule has 0 aliphatic rings. The molecule has 0 aromatic heterocycles. The molecule has 0 saturated carbocycles. The van der Waals surface area contributed by atoms with Crippen molar-refractivity contribution < 1.29 is 22.6 Å². The molecular weight excluding hydrogens is 360 g/mol. The molecule has 1 aromatic rings. The van der Waals surface area contributed by atoms with E-state index in [2.05, 4.69) is 0 Å². The van der Waals surface area contributed by atoms with Crippen LogP contribution in [0.3, 0.4) is 0 Å². The van der Waals surface area contributed by atoms with Crippen LogP contribution in [0.1, 0.15) is 18.6 Å². The minimum absolute atomic E-state index is 0.415. The first-order valence-corrected chi connectivity index (χ1v) is 6.83. The summed E-state index contributed by atoms with van der Waals surface area (Å²) in [7, 11) is 1.48. The molecule has 1 aromatic carbocycles. The number of benzene rings is 1. The van der Waals surface area contributed by atoms with Crippen molar-refractivity contribution in [2.24, 2.45) is 0 Å². The third-order valence-electron chi connectivity index (χ3n) is 2.46. The molecule has 6 heteroatoms. The maximum absolute atomic E-state index is 12.5. The molecule has 0 radical (unpaired) electrons. The van der Waals surface area contributed by atoms with Gasteiger partial charge in [0.15, 0.2) is 6.10 Å². The van der Waals surface area contributed by atoms with Gasteiger partial charge in [0.25, 0.3) is 0 Å². The summed E-state index contributed by atoms with van der Waals surface area (Å²) in [5.41, 5.74) is 0.630. The second kappa shape index (κ2) is 6.60. The molecule has 2 unspecified atom stereocenters. The number of halogens is 4. The Labute approximate surface area is 118 Å². The number of ether oxygens (including phenoxy) is 2. The maximum atomic E-state index is 12.5. The highest BCUT2D eigenvalue weighted by atomic mass is 127. The molecule has 0 heterocycles. The highest BCUT2D eigenvalue weighted by Crippen LogP contribution is 2.33. The fraction of sp³-hybridized carbons (Fsp3) is 0.500. The molecule has 0 saturated heterocycles. The van der Waals surface area contributed by atoms with E-state index in [0.717, 1.165) is 6.92 Å². The van der Waals surface area contributed by atoms with Gasteiger partial charge in [0.1, 0.15) is 5.75 Å². The first kappa shape index (κ1) is 15.6. The quantitative estimate of drug-likeness (QED) is 0.570. The van der Waals surface area contributed by atoms with E-state index in [1.54, 1.807) is 24.3 Å². The van der Waals surface area contributed by atoms with Crippen LogP contribution in [-0.2, 0) is 4.74 Å². The lowest BCUT2D eigenvalue weighted by atomic mass is 10.1. The minimum atomic E-state index is -4.36. The summed E-state index contributed by atoms with van der Waals surface area (Å²) in [5.74, 6) is 0.536. The van der Waals surface area contributed by atoms with E-state index in [1.165, 1.54) is 7.11 Å². The average molecular weight is 374 g/mol. The van der Waals surface area contributed by atoms with E-state index in [1.807, 2.05) is 22.6 Å². The van der Waals surface area contributed by atoms with Gasteiger partial charge < -0.3 is 9.47 Å². The van der Waals surface area contributed by atoms with Gasteiger partial charge in [-0.2, -0.15) is 13.2 Å². The average Bonchev–Trinajstić information content (AvgIpc) is 2.34. The summed E-state index contributed by atoms with van der Waals surface area (Å²) >= 11 is 2.00. The first-order valence-electron chi connectivity index (χ1n) is 5.31. The number of hydrogen-bond donors (Lipinski definition) is 0. The zero-order valence-corrected chi connectivity index (χ0v) is 12.2. The summed E-state index contributed by atoms with van der Waals surface area (Å²) in [6.45, 7) is 1.01. The number of para-hydroxylation sites is 1. The summed E-state index contributed by atoms with van der Waals surface area (Å²) in [5, 5.41) is 0. The van der Waals surface area contributed by atoms with E-state index < -0.39 is 18.4 Å². The van der Waals surface area contributed by atoms with Crippen LogP contribution in [-0.4, -0.2) is 23.8 Å². The topological polar surface area (TPSA) is 18.5 Å². The Morgan fingerprint density at radius 1 is 1.28 bits per heavy atom. The van der Waals surface area contributed by atoms with E-state index >= 15 is 0 Å². The number of alkyl halides is 4. The lowest BCUT2D eigenvalue weighted by Crippen LogP contribution is -2.30. The molecule has 0 bridgehead atoms. The standard InChI is InChI=1S/C12H14F3IO2/c1-8(12(13,14)15)18-11(7-16)9-5-3-4-6-10(9)17-2/h3-6,8,11H,7H2,1-2H3. The van der Waals surface area contributed by atoms with Gasteiger partial charge in [0.2, 0.25) is 0 Å². The van der Waals surface area contributed by atoms with E-state index in [4.69, 9.17) is 9.47 Å². The van der Waals surface area contributed by atoms with Crippen molar-refractivity contribution in [3.05, 3.63) is 29.8 Å². The molecule has 0 aliphatic carbocycles. The van der Waals surface area contributed by atoms with Gasteiger partial charge in [-0.1, -0.05) is 40.8 Å². The number of hydrogen-bond acceptors (Lipinski definition) is 2. The van der Waals surface area contributed by atoms with Gasteiger partial charge in [-0.05, 0) is 13.0 Å². The molecule has 2 nitrogen and oxygen atoms in total. The van der Waals surface area contributed by atoms with E-state index in [0.29, 0.717) is 15.7 Å². The largest absolute Gasteiger partial charge is 0.496 e. The van der Waals surface area contributed by atoms with Crippen LogP contribution in [0.4, 0.5) is 13.2 Å². The van der Waals surface area contributed by atoms with Crippen molar-refractivity contribution in [1.29, 1.82) is 0 Å².